The summed E-state index contributed by atoms with van der Waals surface area (Å²) in [7, 11) is 8.06. The average molecular weight is 358 g/mol. The fraction of sp³-hybridized carbons (Fsp3) is 0.286. The fourth-order valence-corrected chi connectivity index (χ4v) is 3.52. The Bertz CT molecular complexity index is 870. The number of piperazine rings is 1. The Kier molecular flexibility index (Phi) is 4.90. The van der Waals surface area contributed by atoms with E-state index in [-0.39, 0.29) is 5.91 Å². The van der Waals surface area contributed by atoms with Crippen LogP contribution in [0.5, 0.6) is 0 Å². The van der Waals surface area contributed by atoms with Crippen molar-refractivity contribution in [2.45, 2.75) is 6.54 Å². The third kappa shape index (κ3) is 3.86. The number of likely N-dealkylation sites (N-methyl/N-ethyl adjacent to an activating group) is 1. The van der Waals surface area contributed by atoms with Crippen LogP contribution in [0.25, 0.3) is 5.57 Å². The summed E-state index contributed by atoms with van der Waals surface area (Å²) in [5.41, 5.74) is 5.40. The lowest BCUT2D eigenvalue weighted by molar-refractivity contribution is -0.116. The number of fused-ring (bicyclic) bond motifs is 1. The molecule has 136 valence electrons. The van der Waals surface area contributed by atoms with Gasteiger partial charge in [0.15, 0.2) is 0 Å². The Morgan fingerprint density at radius 2 is 1.81 bits per heavy atom. The predicted molar refractivity (Wildman–Crippen MR) is 111 cm³/mol. The van der Waals surface area contributed by atoms with Gasteiger partial charge in [-0.3, -0.25) is 4.79 Å². The van der Waals surface area contributed by atoms with E-state index in [1.165, 1.54) is 5.69 Å². The molecule has 2 aromatic rings. The largest absolute Gasteiger partial charge is 0.369 e. The molecular weight excluding hydrogens is 335 g/mol. The van der Waals surface area contributed by atoms with Crippen LogP contribution in [-0.4, -0.2) is 51.9 Å². The maximum absolute atomic E-state index is 12.3. The third-order valence-corrected chi connectivity index (χ3v) is 5.23. The van der Waals surface area contributed by atoms with E-state index in [2.05, 4.69) is 39.6 Å². The molecule has 0 saturated carbocycles. The normalized spacial score (nSPS) is 18.9. The van der Waals surface area contributed by atoms with Crippen LogP contribution in [0.2, 0.25) is 0 Å². The Labute approximate surface area is 161 Å². The molecule has 2 radical (unpaired) electrons. The fourth-order valence-electron chi connectivity index (χ4n) is 3.52. The second-order valence-corrected chi connectivity index (χ2v) is 7.14. The first-order chi connectivity index (χ1) is 13.1. The average Bonchev–Trinajstić information content (AvgIpc) is 2.68. The summed E-state index contributed by atoms with van der Waals surface area (Å²) in [5, 5.41) is 6.15. The molecule has 0 aromatic heterocycles. The number of nitrogens with one attached hydrogen (secondary N) is 2. The molecule has 2 aliphatic rings. The quantitative estimate of drug-likeness (QED) is 0.642. The van der Waals surface area contributed by atoms with Crippen LogP contribution in [0.4, 0.5) is 11.4 Å². The molecule has 2 N–H and O–H groups in total. The summed E-state index contributed by atoms with van der Waals surface area (Å²) < 4.78 is 0. The minimum Gasteiger partial charge on any atom is -0.369 e. The van der Waals surface area contributed by atoms with Gasteiger partial charge < -0.3 is 20.4 Å². The van der Waals surface area contributed by atoms with Crippen LogP contribution in [0, 0.1) is 0 Å². The maximum Gasteiger partial charge on any atom is 0.253 e. The molecule has 2 aromatic carbocycles. The molecule has 2 heterocycles. The van der Waals surface area contributed by atoms with Crippen molar-refractivity contribution in [2.24, 2.45) is 0 Å². The molecule has 6 heteroatoms. The highest BCUT2D eigenvalue weighted by Crippen LogP contribution is 2.24. The first-order valence-corrected chi connectivity index (χ1v) is 9.27. The van der Waals surface area contributed by atoms with Crippen LogP contribution in [0.3, 0.4) is 0 Å². The van der Waals surface area contributed by atoms with E-state index in [4.69, 9.17) is 7.85 Å². The molecule has 0 spiro atoms. The molecule has 4 rings (SSSR count). The molecule has 5 nitrogen and oxygen atoms in total. The van der Waals surface area contributed by atoms with Gasteiger partial charge in [0, 0.05) is 50.3 Å². The summed E-state index contributed by atoms with van der Waals surface area (Å²) in [6.07, 6.45) is 1.76. The van der Waals surface area contributed by atoms with Crippen molar-refractivity contribution in [3.8, 4) is 0 Å². The highest BCUT2D eigenvalue weighted by atomic mass is 16.1. The van der Waals surface area contributed by atoms with Crippen molar-refractivity contribution < 1.29 is 4.79 Å². The van der Waals surface area contributed by atoms with Crippen molar-refractivity contribution in [1.29, 1.82) is 0 Å². The van der Waals surface area contributed by atoms with Crippen LogP contribution in [0.1, 0.15) is 11.1 Å². The van der Waals surface area contributed by atoms with Crippen LogP contribution < -0.4 is 21.0 Å². The standard InChI is InChI=1S/C21H23BN4O/c1-25-8-10-26(11-9-25)18-6-4-17(5-7-18)23-14-20-19-12-16(22)3-2-15(19)13-24-21(20)27/h2-7,12,14,23H,8-11,13H2,1H3,(H,24,27)/b20-14-. The summed E-state index contributed by atoms with van der Waals surface area (Å²) in [5.74, 6) is -0.0883. The topological polar surface area (TPSA) is 47.6 Å². The van der Waals surface area contributed by atoms with Gasteiger partial charge in [-0.2, -0.15) is 0 Å². The second kappa shape index (κ2) is 7.49. The molecule has 0 bridgehead atoms. The van der Waals surface area contributed by atoms with E-state index in [0.717, 1.165) is 43.0 Å². The lowest BCUT2D eigenvalue weighted by Gasteiger charge is -2.34. The summed E-state index contributed by atoms with van der Waals surface area (Å²) in [4.78, 5) is 17.1. The zero-order valence-electron chi connectivity index (χ0n) is 15.5. The molecule has 27 heavy (non-hydrogen) atoms. The zero-order valence-corrected chi connectivity index (χ0v) is 15.5. The highest BCUT2D eigenvalue weighted by molar-refractivity contribution is 6.33. The number of anilines is 2. The summed E-state index contributed by atoms with van der Waals surface area (Å²) in [6.45, 7) is 4.80. The molecule has 0 atom stereocenters. The SMILES string of the molecule is [B]c1ccc2c(c1)/C(=C/Nc1ccc(N3CCN(C)CC3)cc1)C(=O)NC2. The van der Waals surface area contributed by atoms with Gasteiger partial charge in [-0.05, 0) is 42.4 Å². The van der Waals surface area contributed by atoms with Gasteiger partial charge in [0.2, 0.25) is 0 Å². The molecule has 0 aliphatic carbocycles. The van der Waals surface area contributed by atoms with Crippen molar-refractivity contribution in [1.82, 2.24) is 10.2 Å². The van der Waals surface area contributed by atoms with Crippen molar-refractivity contribution in [3.63, 3.8) is 0 Å². The van der Waals surface area contributed by atoms with E-state index >= 15 is 0 Å². The number of rotatable bonds is 3. The first-order valence-electron chi connectivity index (χ1n) is 9.27. The van der Waals surface area contributed by atoms with Gasteiger partial charge in [0.1, 0.15) is 7.85 Å². The minimum absolute atomic E-state index is 0.0883. The minimum atomic E-state index is -0.0883. The van der Waals surface area contributed by atoms with E-state index in [1.54, 1.807) is 6.20 Å². The van der Waals surface area contributed by atoms with Gasteiger partial charge in [-0.1, -0.05) is 23.7 Å². The van der Waals surface area contributed by atoms with Crippen LogP contribution in [-0.2, 0) is 11.3 Å². The number of nitrogens with zero attached hydrogens (tertiary/aromatic N) is 2. The molecular formula is C21H23BN4O. The number of benzene rings is 2. The van der Waals surface area contributed by atoms with Gasteiger partial charge in [0.05, 0.1) is 5.57 Å². The summed E-state index contributed by atoms with van der Waals surface area (Å²) in [6, 6.07) is 14.0. The number of carbonyl (C=O) groups is 1. The smallest absolute Gasteiger partial charge is 0.253 e. The lowest BCUT2D eigenvalue weighted by Crippen LogP contribution is -2.44. The Hall–Kier alpha value is -2.73. The van der Waals surface area contributed by atoms with Gasteiger partial charge >= 0.3 is 0 Å². The monoisotopic (exact) mass is 358 g/mol. The second-order valence-electron chi connectivity index (χ2n) is 7.14. The number of hydrogen-bond acceptors (Lipinski definition) is 4. The zero-order chi connectivity index (χ0) is 18.8. The Morgan fingerprint density at radius 1 is 1.07 bits per heavy atom. The Balaban J connectivity index is 1.50. The molecule has 1 amide bonds. The highest BCUT2D eigenvalue weighted by Gasteiger charge is 2.21. The first kappa shape index (κ1) is 17.7. The van der Waals surface area contributed by atoms with Crippen LogP contribution in [0.15, 0.2) is 48.7 Å². The molecule has 1 fully saturated rings. The van der Waals surface area contributed by atoms with E-state index < -0.39 is 0 Å². The van der Waals surface area contributed by atoms with Crippen molar-refractivity contribution >= 4 is 36.2 Å². The third-order valence-electron chi connectivity index (χ3n) is 5.23. The summed E-state index contributed by atoms with van der Waals surface area (Å²) >= 11 is 0. The maximum atomic E-state index is 12.3. The van der Waals surface area contributed by atoms with Crippen LogP contribution >= 0.6 is 0 Å². The van der Waals surface area contributed by atoms with Gasteiger partial charge in [0.25, 0.3) is 5.91 Å². The number of amides is 1. The van der Waals surface area contributed by atoms with Gasteiger partial charge in [-0.25, -0.2) is 0 Å². The predicted octanol–water partition coefficient (Wildman–Crippen LogP) is 1.31. The van der Waals surface area contributed by atoms with E-state index in [0.29, 0.717) is 17.6 Å². The van der Waals surface area contributed by atoms with E-state index in [1.807, 2.05) is 30.3 Å². The van der Waals surface area contributed by atoms with Crippen molar-refractivity contribution in [3.05, 3.63) is 59.8 Å². The number of carbonyl (C=O) groups excluding carboxylic acids is 1. The van der Waals surface area contributed by atoms with Gasteiger partial charge in [-0.15, -0.1) is 0 Å². The van der Waals surface area contributed by atoms with E-state index in [9.17, 15) is 4.79 Å². The number of hydrogen-bond donors (Lipinski definition) is 2. The molecule has 1 saturated heterocycles. The van der Waals surface area contributed by atoms with Crippen molar-refractivity contribution in [2.75, 3.05) is 43.4 Å². The lowest BCUT2D eigenvalue weighted by atomic mass is 9.87. The molecule has 2 aliphatic heterocycles. The molecule has 0 unspecified atom stereocenters. The Morgan fingerprint density at radius 3 is 2.56 bits per heavy atom.